The van der Waals surface area contributed by atoms with E-state index in [1.807, 2.05) is 0 Å². The Kier molecular flexibility index (Phi) is 14.7. The van der Waals surface area contributed by atoms with Crippen molar-refractivity contribution in [1.82, 2.24) is 0 Å². The SMILES string of the molecule is CCCO[C@@H]1O[C@H](CO)[C@@H](O[C@@H]2O[C@@H](C)[C@@H](O)[C@@H](O)[C@@H]2O)[C@H](O[C@@H]2O[C@H](COS(=O)(=O)[O-])[C@H](O)[C@H](O)[C@H]2O)[C@H]1O.[Na+]. The first-order valence-electron chi connectivity index (χ1n) is 12.6. The van der Waals surface area contributed by atoms with Gasteiger partial charge in [-0.3, -0.25) is 4.18 Å². The van der Waals surface area contributed by atoms with Crippen LogP contribution < -0.4 is 29.6 Å². The molecule has 8 N–H and O–H groups in total. The van der Waals surface area contributed by atoms with E-state index in [-0.39, 0.29) is 36.2 Å². The zero-order valence-corrected chi connectivity index (χ0v) is 25.4. The number of hydrogen-bond acceptors (Lipinski definition) is 18. The fraction of sp³-hybridized carbons (Fsp3) is 1.00. The molecule has 0 saturated carbocycles. The first-order chi connectivity index (χ1) is 18.7. The van der Waals surface area contributed by atoms with Gasteiger partial charge in [0.2, 0.25) is 10.4 Å². The minimum Gasteiger partial charge on any atom is -0.726 e. The fourth-order valence-corrected chi connectivity index (χ4v) is 4.79. The molecule has 0 amide bonds. The maximum atomic E-state index is 11.1. The monoisotopic (exact) mass is 632 g/mol. The number of rotatable bonds is 11. The van der Waals surface area contributed by atoms with Crippen LogP contribution in [0.4, 0.5) is 0 Å². The van der Waals surface area contributed by atoms with Crippen molar-refractivity contribution in [3.05, 3.63) is 0 Å². The number of hydrogen-bond donors (Lipinski definition) is 8. The molecular weight excluding hydrogens is 595 g/mol. The third-order valence-electron chi connectivity index (χ3n) is 6.72. The van der Waals surface area contributed by atoms with Gasteiger partial charge in [0.25, 0.3) is 0 Å². The van der Waals surface area contributed by atoms with Crippen molar-refractivity contribution in [3.63, 3.8) is 0 Å². The van der Waals surface area contributed by atoms with Crippen LogP contribution in [0.25, 0.3) is 0 Å². The number of aliphatic hydroxyl groups is 8. The van der Waals surface area contributed by atoms with Gasteiger partial charge >= 0.3 is 29.6 Å². The van der Waals surface area contributed by atoms with E-state index in [1.165, 1.54) is 6.92 Å². The Morgan fingerprint density at radius 3 is 1.83 bits per heavy atom. The van der Waals surface area contributed by atoms with Crippen molar-refractivity contribution in [2.24, 2.45) is 0 Å². The smallest absolute Gasteiger partial charge is 0.726 e. The molecule has 0 aromatic heterocycles. The van der Waals surface area contributed by atoms with E-state index in [9.17, 15) is 53.8 Å². The molecule has 20 heteroatoms. The molecule has 3 rings (SSSR count). The molecule has 0 aromatic rings. The molecule has 0 aromatic carbocycles. The molecule has 15 atom stereocenters. The molecule has 3 aliphatic heterocycles. The van der Waals surface area contributed by atoms with Crippen LogP contribution in [-0.2, 0) is 43.0 Å². The quantitative estimate of drug-likeness (QED) is 0.0596. The van der Waals surface area contributed by atoms with Gasteiger partial charge in [0.15, 0.2) is 18.9 Å². The van der Waals surface area contributed by atoms with E-state index < -0.39 is 116 Å². The summed E-state index contributed by atoms with van der Waals surface area (Å²) >= 11 is 0. The predicted octanol–water partition coefficient (Wildman–Crippen LogP) is -8.62. The third-order valence-corrected chi connectivity index (χ3v) is 7.14. The minimum absolute atomic E-state index is 0. The molecule has 3 aliphatic rings. The summed E-state index contributed by atoms with van der Waals surface area (Å²) in [7, 11) is -5.22. The van der Waals surface area contributed by atoms with Gasteiger partial charge in [-0.05, 0) is 13.3 Å². The van der Waals surface area contributed by atoms with Crippen molar-refractivity contribution >= 4 is 10.4 Å². The van der Waals surface area contributed by atoms with Gasteiger partial charge in [0.05, 0.1) is 19.3 Å². The van der Waals surface area contributed by atoms with Gasteiger partial charge in [-0.1, -0.05) is 6.92 Å². The average Bonchev–Trinajstić information content (AvgIpc) is 2.90. The molecule has 236 valence electrons. The van der Waals surface area contributed by atoms with Crippen LogP contribution in [0.5, 0.6) is 0 Å². The zero-order chi connectivity index (χ0) is 29.9. The Morgan fingerprint density at radius 1 is 0.732 bits per heavy atom. The zero-order valence-electron chi connectivity index (χ0n) is 22.6. The molecule has 3 heterocycles. The fourth-order valence-electron chi connectivity index (χ4n) is 4.49. The van der Waals surface area contributed by atoms with E-state index in [1.54, 1.807) is 6.92 Å². The van der Waals surface area contributed by atoms with Crippen LogP contribution in [0.3, 0.4) is 0 Å². The Labute approximate surface area is 257 Å². The molecule has 0 radical (unpaired) electrons. The second-order valence-corrected chi connectivity index (χ2v) is 10.7. The van der Waals surface area contributed by atoms with Crippen LogP contribution in [0, 0.1) is 0 Å². The molecular formula is C21H37NaO18S. The van der Waals surface area contributed by atoms with Crippen LogP contribution >= 0.6 is 0 Å². The Bertz CT molecular complexity index is 900. The Hall–Kier alpha value is 0.310. The van der Waals surface area contributed by atoms with Crippen molar-refractivity contribution < 1.29 is 116 Å². The molecule has 0 unspecified atom stereocenters. The maximum absolute atomic E-state index is 11.1. The van der Waals surface area contributed by atoms with E-state index in [2.05, 4.69) is 4.18 Å². The summed E-state index contributed by atoms with van der Waals surface area (Å²) in [4.78, 5) is 0. The van der Waals surface area contributed by atoms with E-state index in [4.69, 9.17) is 28.4 Å². The minimum atomic E-state index is -5.22. The number of aliphatic hydroxyl groups excluding tert-OH is 8. The van der Waals surface area contributed by atoms with Crippen LogP contribution in [0.15, 0.2) is 0 Å². The first kappa shape index (κ1) is 37.5. The van der Waals surface area contributed by atoms with Crippen molar-refractivity contribution in [2.45, 2.75) is 112 Å². The second-order valence-electron chi connectivity index (χ2n) is 9.68. The normalized spacial score (nSPS) is 45.7. The van der Waals surface area contributed by atoms with Gasteiger partial charge in [-0.15, -0.1) is 0 Å². The molecule has 0 spiro atoms. The molecule has 18 nitrogen and oxygen atoms in total. The van der Waals surface area contributed by atoms with Crippen molar-refractivity contribution in [2.75, 3.05) is 19.8 Å². The standard InChI is InChI=1S/C21H38O18S.Na/c1-3-4-33-19-16(29)18(39-21-15(28)13(26)11(24)9(37-21)6-34-40(30,31)32)17(8(5-22)36-19)38-20-14(27)12(25)10(23)7(2)35-20;/h7-29H,3-6H2,1-2H3,(H,30,31,32);/q;+1/p-1/t7-,8+,9+,10+,11-,12+,13-,14-,15+,16+,17+,18+,19+,20-,21-;/m0./s1. The van der Waals surface area contributed by atoms with E-state index in [0.717, 1.165) is 0 Å². The first-order valence-corrected chi connectivity index (χ1v) is 13.9. The summed E-state index contributed by atoms with van der Waals surface area (Å²) in [6.45, 7) is 1.43. The predicted molar refractivity (Wildman–Crippen MR) is 122 cm³/mol. The number of ether oxygens (including phenoxy) is 6. The maximum Gasteiger partial charge on any atom is 1.00 e. The topological polar surface area (TPSA) is 284 Å². The summed E-state index contributed by atoms with van der Waals surface area (Å²) in [6, 6.07) is 0. The van der Waals surface area contributed by atoms with Crippen molar-refractivity contribution in [3.8, 4) is 0 Å². The van der Waals surface area contributed by atoms with Gasteiger partial charge in [0.1, 0.15) is 67.1 Å². The van der Waals surface area contributed by atoms with Crippen LogP contribution in [0.2, 0.25) is 0 Å². The molecule has 3 saturated heterocycles. The molecule has 41 heavy (non-hydrogen) atoms. The summed E-state index contributed by atoms with van der Waals surface area (Å²) < 4.78 is 70.0. The molecule has 0 aliphatic carbocycles. The van der Waals surface area contributed by atoms with Crippen LogP contribution in [-0.4, -0.2) is 166 Å². The van der Waals surface area contributed by atoms with Gasteiger partial charge in [0, 0.05) is 6.61 Å². The Morgan fingerprint density at radius 2 is 1.27 bits per heavy atom. The summed E-state index contributed by atoms with van der Waals surface area (Å²) in [5.74, 6) is 0. The van der Waals surface area contributed by atoms with Gasteiger partial charge < -0.3 is 73.8 Å². The Balaban J connectivity index is 0.00000588. The average molecular weight is 633 g/mol. The second kappa shape index (κ2) is 16.0. The summed E-state index contributed by atoms with van der Waals surface area (Å²) in [5, 5.41) is 82.6. The van der Waals surface area contributed by atoms with Gasteiger partial charge in [-0.25, -0.2) is 8.42 Å². The summed E-state index contributed by atoms with van der Waals surface area (Å²) in [5.41, 5.74) is 0. The molecule has 3 fully saturated rings. The van der Waals surface area contributed by atoms with E-state index >= 15 is 0 Å². The largest absolute Gasteiger partial charge is 1.00 e. The van der Waals surface area contributed by atoms with Gasteiger partial charge in [-0.2, -0.15) is 0 Å². The summed E-state index contributed by atoms with van der Waals surface area (Å²) in [6.07, 6.45) is -24.4. The van der Waals surface area contributed by atoms with Crippen LogP contribution in [0.1, 0.15) is 20.3 Å². The van der Waals surface area contributed by atoms with E-state index in [0.29, 0.717) is 6.42 Å². The van der Waals surface area contributed by atoms with Crippen molar-refractivity contribution in [1.29, 1.82) is 0 Å². The molecule has 0 bridgehead atoms. The third kappa shape index (κ3) is 9.17.